The molecule has 0 aliphatic carbocycles. The van der Waals surface area contributed by atoms with E-state index in [2.05, 4.69) is 0 Å². The molecule has 1 heterocycles. The summed E-state index contributed by atoms with van der Waals surface area (Å²) in [4.78, 5) is 1.72. The number of nitrogens with zero attached hydrogens (tertiary/aromatic N) is 1. The SMILES string of the molecule is Nc1ccc(F)c(N2CCS(=O)(=O)CC2)c1. The van der Waals surface area contributed by atoms with Gasteiger partial charge in [0.25, 0.3) is 0 Å². The summed E-state index contributed by atoms with van der Waals surface area (Å²) in [6.45, 7) is 0.644. The zero-order chi connectivity index (χ0) is 11.8. The minimum absolute atomic E-state index is 0.0707. The van der Waals surface area contributed by atoms with Crippen LogP contribution < -0.4 is 10.6 Å². The largest absolute Gasteiger partial charge is 0.399 e. The van der Waals surface area contributed by atoms with E-state index < -0.39 is 9.84 Å². The lowest BCUT2D eigenvalue weighted by Gasteiger charge is -2.29. The van der Waals surface area contributed by atoms with E-state index in [1.54, 1.807) is 4.90 Å². The standard InChI is InChI=1S/C10H13FN2O2S/c11-9-2-1-8(12)7-10(9)13-3-5-16(14,15)6-4-13/h1-2,7H,3-6,12H2. The monoisotopic (exact) mass is 244 g/mol. The quantitative estimate of drug-likeness (QED) is 0.736. The molecule has 1 saturated heterocycles. The molecule has 1 aromatic carbocycles. The predicted octanol–water partition coefficient (Wildman–Crippen LogP) is 0.643. The van der Waals surface area contributed by atoms with Crippen LogP contribution in [0.2, 0.25) is 0 Å². The zero-order valence-corrected chi connectivity index (χ0v) is 9.50. The van der Waals surface area contributed by atoms with Crippen molar-refractivity contribution in [1.82, 2.24) is 0 Å². The molecule has 0 atom stereocenters. The molecule has 16 heavy (non-hydrogen) atoms. The summed E-state index contributed by atoms with van der Waals surface area (Å²) in [6.07, 6.45) is 0. The first-order chi connectivity index (χ1) is 7.48. The number of nitrogens with two attached hydrogens (primary N) is 1. The van der Waals surface area contributed by atoms with Gasteiger partial charge in [0, 0.05) is 18.8 Å². The van der Waals surface area contributed by atoms with E-state index in [0.29, 0.717) is 24.5 Å². The Morgan fingerprint density at radius 2 is 1.88 bits per heavy atom. The molecule has 1 aliphatic heterocycles. The molecular formula is C10H13FN2O2S. The third kappa shape index (κ3) is 2.27. The maximum atomic E-state index is 13.5. The smallest absolute Gasteiger partial charge is 0.153 e. The highest BCUT2D eigenvalue weighted by molar-refractivity contribution is 7.91. The number of nitrogen functional groups attached to an aromatic ring is 1. The minimum atomic E-state index is -2.94. The topological polar surface area (TPSA) is 63.4 Å². The first-order valence-electron chi connectivity index (χ1n) is 4.98. The van der Waals surface area contributed by atoms with Crippen molar-refractivity contribution in [3.8, 4) is 0 Å². The van der Waals surface area contributed by atoms with Crippen LogP contribution >= 0.6 is 0 Å². The average Bonchev–Trinajstić information content (AvgIpc) is 2.22. The Hall–Kier alpha value is -1.30. The second-order valence-corrected chi connectivity index (χ2v) is 6.15. The van der Waals surface area contributed by atoms with Crippen molar-refractivity contribution in [1.29, 1.82) is 0 Å². The number of hydrogen-bond donors (Lipinski definition) is 1. The molecule has 0 radical (unpaired) electrons. The average molecular weight is 244 g/mol. The van der Waals surface area contributed by atoms with Crippen LogP contribution in [0, 0.1) is 5.82 Å². The van der Waals surface area contributed by atoms with Crippen molar-refractivity contribution in [2.45, 2.75) is 0 Å². The second-order valence-electron chi connectivity index (χ2n) is 3.85. The van der Waals surface area contributed by atoms with Crippen LogP contribution in [0.5, 0.6) is 0 Å². The van der Waals surface area contributed by atoms with Gasteiger partial charge < -0.3 is 10.6 Å². The normalized spacial score (nSPS) is 19.7. The summed E-state index contributed by atoms with van der Waals surface area (Å²) >= 11 is 0. The van der Waals surface area contributed by atoms with Gasteiger partial charge in [-0.05, 0) is 18.2 Å². The number of sulfone groups is 1. The van der Waals surface area contributed by atoms with Crippen LogP contribution in [-0.2, 0) is 9.84 Å². The van der Waals surface area contributed by atoms with Gasteiger partial charge in [0.1, 0.15) is 5.82 Å². The highest BCUT2D eigenvalue weighted by atomic mass is 32.2. The maximum Gasteiger partial charge on any atom is 0.153 e. The number of hydrogen-bond acceptors (Lipinski definition) is 4. The minimum Gasteiger partial charge on any atom is -0.399 e. The van der Waals surface area contributed by atoms with E-state index in [-0.39, 0.29) is 17.3 Å². The van der Waals surface area contributed by atoms with Crippen LogP contribution in [-0.4, -0.2) is 33.0 Å². The van der Waals surface area contributed by atoms with E-state index in [1.165, 1.54) is 18.2 Å². The number of rotatable bonds is 1. The Morgan fingerprint density at radius 3 is 2.50 bits per heavy atom. The summed E-state index contributed by atoms with van der Waals surface area (Å²) in [5.74, 6) is -0.226. The third-order valence-electron chi connectivity index (χ3n) is 2.66. The fourth-order valence-electron chi connectivity index (χ4n) is 1.73. The predicted molar refractivity (Wildman–Crippen MR) is 61.7 cm³/mol. The summed E-state index contributed by atoms with van der Waals surface area (Å²) < 4.78 is 36.0. The molecule has 6 heteroatoms. The van der Waals surface area contributed by atoms with Crippen molar-refractivity contribution in [2.75, 3.05) is 35.2 Å². The maximum absolute atomic E-state index is 13.5. The molecule has 1 aromatic rings. The second kappa shape index (κ2) is 3.93. The van der Waals surface area contributed by atoms with E-state index in [9.17, 15) is 12.8 Å². The van der Waals surface area contributed by atoms with E-state index >= 15 is 0 Å². The van der Waals surface area contributed by atoms with Gasteiger partial charge in [0.2, 0.25) is 0 Å². The van der Waals surface area contributed by atoms with Gasteiger partial charge in [-0.25, -0.2) is 12.8 Å². The van der Waals surface area contributed by atoms with Crippen molar-refractivity contribution in [3.05, 3.63) is 24.0 Å². The van der Waals surface area contributed by atoms with Crippen LogP contribution in [0.4, 0.5) is 15.8 Å². The lowest BCUT2D eigenvalue weighted by Crippen LogP contribution is -2.40. The summed E-state index contributed by atoms with van der Waals surface area (Å²) in [6, 6.07) is 4.32. The van der Waals surface area contributed by atoms with Crippen molar-refractivity contribution >= 4 is 21.2 Å². The molecule has 0 spiro atoms. The third-order valence-corrected chi connectivity index (χ3v) is 4.26. The molecule has 0 bridgehead atoms. The molecule has 2 rings (SSSR count). The van der Waals surface area contributed by atoms with Gasteiger partial charge in [-0.3, -0.25) is 0 Å². The number of anilines is 2. The van der Waals surface area contributed by atoms with Gasteiger partial charge in [-0.2, -0.15) is 0 Å². The fourth-order valence-corrected chi connectivity index (χ4v) is 2.93. The first-order valence-corrected chi connectivity index (χ1v) is 6.80. The molecule has 2 N–H and O–H groups in total. The van der Waals surface area contributed by atoms with Crippen LogP contribution in [0.1, 0.15) is 0 Å². The molecule has 1 aliphatic rings. The Balaban J connectivity index is 2.23. The Morgan fingerprint density at radius 1 is 1.25 bits per heavy atom. The number of halogens is 1. The van der Waals surface area contributed by atoms with Gasteiger partial charge in [0.05, 0.1) is 17.2 Å². The highest BCUT2D eigenvalue weighted by Gasteiger charge is 2.23. The molecule has 0 unspecified atom stereocenters. The summed E-state index contributed by atoms with van der Waals surface area (Å²) in [5.41, 5.74) is 6.44. The lowest BCUT2D eigenvalue weighted by atomic mass is 10.2. The fraction of sp³-hybridized carbons (Fsp3) is 0.400. The lowest BCUT2D eigenvalue weighted by molar-refractivity contribution is 0.582. The van der Waals surface area contributed by atoms with Gasteiger partial charge in [-0.1, -0.05) is 0 Å². The van der Waals surface area contributed by atoms with E-state index in [4.69, 9.17) is 5.73 Å². The Kier molecular flexibility index (Phi) is 2.75. The molecule has 4 nitrogen and oxygen atoms in total. The van der Waals surface area contributed by atoms with Crippen molar-refractivity contribution < 1.29 is 12.8 Å². The van der Waals surface area contributed by atoms with E-state index in [1.807, 2.05) is 0 Å². The van der Waals surface area contributed by atoms with Crippen LogP contribution in [0.3, 0.4) is 0 Å². The van der Waals surface area contributed by atoms with Crippen LogP contribution in [0.15, 0.2) is 18.2 Å². The van der Waals surface area contributed by atoms with Crippen molar-refractivity contribution in [3.63, 3.8) is 0 Å². The molecule has 88 valence electrons. The van der Waals surface area contributed by atoms with Crippen LogP contribution in [0.25, 0.3) is 0 Å². The molecule has 0 saturated carbocycles. The number of benzene rings is 1. The molecule has 1 fully saturated rings. The van der Waals surface area contributed by atoms with Gasteiger partial charge in [0.15, 0.2) is 9.84 Å². The summed E-state index contributed by atoms with van der Waals surface area (Å²) in [7, 11) is -2.94. The highest BCUT2D eigenvalue weighted by Crippen LogP contribution is 2.23. The molecule has 0 aromatic heterocycles. The molecule has 0 amide bonds. The molecular weight excluding hydrogens is 231 g/mol. The van der Waals surface area contributed by atoms with Gasteiger partial charge >= 0.3 is 0 Å². The van der Waals surface area contributed by atoms with Gasteiger partial charge in [-0.15, -0.1) is 0 Å². The van der Waals surface area contributed by atoms with E-state index in [0.717, 1.165) is 0 Å². The Bertz CT molecular complexity index is 488. The first kappa shape index (κ1) is 11.2. The Labute approximate surface area is 93.8 Å². The van der Waals surface area contributed by atoms with Crippen molar-refractivity contribution in [2.24, 2.45) is 0 Å². The summed E-state index contributed by atoms with van der Waals surface area (Å²) in [5, 5.41) is 0. The zero-order valence-electron chi connectivity index (χ0n) is 8.69.